The Morgan fingerprint density at radius 2 is 2.15 bits per heavy atom. The Hall–Kier alpha value is -2.22. The van der Waals surface area contributed by atoms with Crippen molar-refractivity contribution in [3.05, 3.63) is 23.8 Å². The van der Waals surface area contributed by atoms with Gasteiger partial charge >= 0.3 is 0 Å². The second-order valence-corrected chi connectivity index (χ2v) is 4.59. The quantitative estimate of drug-likeness (QED) is 0.827. The summed E-state index contributed by atoms with van der Waals surface area (Å²) in [6, 6.07) is 7.52. The van der Waals surface area contributed by atoms with Crippen molar-refractivity contribution >= 4 is 5.91 Å². The molecule has 0 aliphatic heterocycles. The predicted octanol–water partition coefficient (Wildman–Crippen LogP) is 2.05. The highest BCUT2D eigenvalue weighted by molar-refractivity contribution is 5.77. The number of hydrogen-bond acceptors (Lipinski definition) is 4. The lowest BCUT2D eigenvalue weighted by molar-refractivity contribution is -0.120. The molecule has 0 heterocycles. The van der Waals surface area contributed by atoms with Gasteiger partial charge in [0, 0.05) is 6.54 Å². The van der Waals surface area contributed by atoms with Crippen LogP contribution < -0.4 is 14.8 Å². The number of nitrogens with zero attached hydrogens (tertiary/aromatic N) is 1. The lowest BCUT2D eigenvalue weighted by Gasteiger charge is -2.14. The normalized spacial score (nSPS) is 9.95. The monoisotopic (exact) mass is 276 g/mol. The Bertz CT molecular complexity index is 492. The number of nitriles is 1. The summed E-state index contributed by atoms with van der Waals surface area (Å²) in [4.78, 5) is 11.2. The molecule has 5 heteroatoms. The number of amides is 1. The molecule has 0 fully saturated rings. The van der Waals surface area contributed by atoms with Crippen molar-refractivity contribution in [3.63, 3.8) is 0 Å². The fraction of sp³-hybridized carbons (Fsp3) is 0.467. The highest BCUT2D eigenvalue weighted by atomic mass is 16.5. The maximum absolute atomic E-state index is 11.2. The molecule has 0 unspecified atom stereocenters. The van der Waals surface area contributed by atoms with Crippen molar-refractivity contribution in [1.82, 2.24) is 5.32 Å². The molecule has 0 spiro atoms. The zero-order valence-electron chi connectivity index (χ0n) is 12.1. The van der Waals surface area contributed by atoms with Gasteiger partial charge in [0.15, 0.2) is 11.5 Å². The molecule has 108 valence electrons. The van der Waals surface area contributed by atoms with E-state index in [4.69, 9.17) is 14.7 Å². The molecule has 1 aromatic carbocycles. The van der Waals surface area contributed by atoms with E-state index in [1.54, 1.807) is 7.11 Å². The summed E-state index contributed by atoms with van der Waals surface area (Å²) in [6.07, 6.45) is 0.653. The van der Waals surface area contributed by atoms with E-state index in [1.165, 1.54) is 0 Å². The Labute approximate surface area is 119 Å². The Balaban J connectivity index is 2.59. The number of carbonyl (C=O) groups excluding carboxylic acids is 1. The maximum Gasteiger partial charge on any atom is 0.234 e. The first-order valence-corrected chi connectivity index (χ1v) is 6.54. The molecular weight excluding hydrogens is 256 g/mol. The molecule has 0 radical (unpaired) electrons. The first kappa shape index (κ1) is 15.8. The van der Waals surface area contributed by atoms with Crippen LogP contribution in [0.5, 0.6) is 11.5 Å². The van der Waals surface area contributed by atoms with Crippen LogP contribution in [-0.2, 0) is 11.2 Å². The number of hydrogen-bond donors (Lipinski definition) is 1. The van der Waals surface area contributed by atoms with E-state index in [9.17, 15) is 4.79 Å². The lowest BCUT2D eigenvalue weighted by atomic mass is 10.1. The number of benzene rings is 1. The van der Waals surface area contributed by atoms with Gasteiger partial charge in [-0.3, -0.25) is 4.79 Å². The third-order valence-electron chi connectivity index (χ3n) is 2.57. The summed E-state index contributed by atoms with van der Waals surface area (Å²) >= 11 is 0. The SMILES string of the molecule is COc1cc(CCNC(=O)CC#N)ccc1OC(C)C. The van der Waals surface area contributed by atoms with Crippen molar-refractivity contribution < 1.29 is 14.3 Å². The zero-order chi connectivity index (χ0) is 15.0. The highest BCUT2D eigenvalue weighted by Gasteiger charge is 2.07. The topological polar surface area (TPSA) is 71.3 Å². The highest BCUT2D eigenvalue weighted by Crippen LogP contribution is 2.29. The van der Waals surface area contributed by atoms with E-state index < -0.39 is 0 Å². The Morgan fingerprint density at radius 1 is 1.40 bits per heavy atom. The fourth-order valence-electron chi connectivity index (χ4n) is 1.70. The van der Waals surface area contributed by atoms with E-state index >= 15 is 0 Å². The first-order chi connectivity index (χ1) is 9.56. The van der Waals surface area contributed by atoms with Crippen molar-refractivity contribution in [2.75, 3.05) is 13.7 Å². The van der Waals surface area contributed by atoms with Crippen LogP contribution in [0, 0.1) is 11.3 Å². The third-order valence-corrected chi connectivity index (χ3v) is 2.57. The van der Waals surface area contributed by atoms with Crippen LogP contribution in [0.1, 0.15) is 25.8 Å². The lowest BCUT2D eigenvalue weighted by Crippen LogP contribution is -2.24. The number of nitrogens with one attached hydrogen (secondary N) is 1. The molecule has 1 N–H and O–H groups in total. The average Bonchev–Trinajstić information content (AvgIpc) is 2.40. The minimum Gasteiger partial charge on any atom is -0.493 e. The van der Waals surface area contributed by atoms with Crippen LogP contribution in [0.4, 0.5) is 0 Å². The zero-order valence-corrected chi connectivity index (χ0v) is 12.1. The largest absolute Gasteiger partial charge is 0.493 e. The van der Waals surface area contributed by atoms with Gasteiger partial charge in [0.2, 0.25) is 5.91 Å². The van der Waals surface area contributed by atoms with Crippen LogP contribution in [0.15, 0.2) is 18.2 Å². The third kappa shape index (κ3) is 5.19. The van der Waals surface area contributed by atoms with E-state index in [2.05, 4.69) is 5.32 Å². The predicted molar refractivity (Wildman–Crippen MR) is 75.7 cm³/mol. The van der Waals surface area contributed by atoms with Gasteiger partial charge in [-0.05, 0) is 38.0 Å². The van der Waals surface area contributed by atoms with E-state index in [1.807, 2.05) is 38.1 Å². The smallest absolute Gasteiger partial charge is 0.234 e. The second-order valence-electron chi connectivity index (χ2n) is 4.59. The molecule has 1 aromatic rings. The number of ether oxygens (including phenoxy) is 2. The van der Waals surface area contributed by atoms with E-state index in [0.29, 0.717) is 24.5 Å². The van der Waals surface area contributed by atoms with Gasteiger partial charge in [0.05, 0.1) is 19.3 Å². The Morgan fingerprint density at radius 3 is 2.75 bits per heavy atom. The van der Waals surface area contributed by atoms with Gasteiger partial charge in [0.1, 0.15) is 6.42 Å². The summed E-state index contributed by atoms with van der Waals surface area (Å²) in [5.41, 5.74) is 1.04. The van der Waals surface area contributed by atoms with Crippen LogP contribution >= 0.6 is 0 Å². The first-order valence-electron chi connectivity index (χ1n) is 6.54. The molecule has 20 heavy (non-hydrogen) atoms. The number of methoxy groups -OCH3 is 1. The molecule has 0 saturated carbocycles. The average molecular weight is 276 g/mol. The fourth-order valence-corrected chi connectivity index (χ4v) is 1.70. The Kier molecular flexibility index (Phi) is 6.38. The minimum absolute atomic E-state index is 0.0834. The number of rotatable bonds is 7. The summed E-state index contributed by atoms with van der Waals surface area (Å²) in [7, 11) is 1.60. The van der Waals surface area contributed by atoms with Gasteiger partial charge in [0.25, 0.3) is 0 Å². The van der Waals surface area contributed by atoms with Gasteiger partial charge in [-0.1, -0.05) is 6.07 Å². The second kappa shape index (κ2) is 8.05. The van der Waals surface area contributed by atoms with E-state index in [0.717, 1.165) is 5.56 Å². The summed E-state index contributed by atoms with van der Waals surface area (Å²) in [5.74, 6) is 1.14. The molecular formula is C15H20N2O3. The van der Waals surface area contributed by atoms with Crippen LogP contribution in [0.2, 0.25) is 0 Å². The molecule has 0 aromatic heterocycles. The van der Waals surface area contributed by atoms with Crippen molar-refractivity contribution in [1.29, 1.82) is 5.26 Å². The van der Waals surface area contributed by atoms with Gasteiger partial charge in [-0.2, -0.15) is 5.26 Å². The van der Waals surface area contributed by atoms with E-state index in [-0.39, 0.29) is 18.4 Å². The van der Waals surface area contributed by atoms with Crippen molar-refractivity contribution in [3.8, 4) is 17.6 Å². The minimum atomic E-state index is -0.251. The number of carbonyl (C=O) groups is 1. The molecule has 0 atom stereocenters. The molecule has 1 rings (SSSR count). The van der Waals surface area contributed by atoms with Crippen molar-refractivity contribution in [2.24, 2.45) is 0 Å². The molecule has 1 amide bonds. The van der Waals surface area contributed by atoms with Gasteiger partial charge in [-0.15, -0.1) is 0 Å². The van der Waals surface area contributed by atoms with Crippen LogP contribution in [0.25, 0.3) is 0 Å². The maximum atomic E-state index is 11.2. The van der Waals surface area contributed by atoms with Crippen molar-refractivity contribution in [2.45, 2.75) is 32.8 Å². The van der Waals surface area contributed by atoms with Crippen LogP contribution in [-0.4, -0.2) is 25.7 Å². The van der Waals surface area contributed by atoms with Crippen LogP contribution in [0.3, 0.4) is 0 Å². The van der Waals surface area contributed by atoms with Gasteiger partial charge < -0.3 is 14.8 Å². The standard InChI is InChI=1S/C15H20N2O3/c1-11(2)20-13-5-4-12(10-14(13)19-3)7-9-17-15(18)6-8-16/h4-5,10-11H,6-7,9H2,1-3H3,(H,17,18). The molecule has 0 bridgehead atoms. The summed E-state index contributed by atoms with van der Waals surface area (Å²) < 4.78 is 10.9. The molecule has 0 aliphatic rings. The molecule has 0 saturated heterocycles. The summed E-state index contributed by atoms with van der Waals surface area (Å²) in [6.45, 7) is 4.41. The molecule has 5 nitrogen and oxygen atoms in total. The molecule has 0 aliphatic carbocycles. The summed E-state index contributed by atoms with van der Waals surface area (Å²) in [5, 5.41) is 11.1. The van der Waals surface area contributed by atoms with Gasteiger partial charge in [-0.25, -0.2) is 0 Å².